The second-order valence-corrected chi connectivity index (χ2v) is 11.0. The van der Waals surface area contributed by atoms with E-state index in [0.29, 0.717) is 29.7 Å². The molecule has 0 saturated heterocycles. The minimum Gasteiger partial charge on any atom is -0.478 e. The number of carboxylic acid groups (broad SMARTS) is 1. The van der Waals surface area contributed by atoms with Crippen molar-refractivity contribution in [1.82, 2.24) is 18.9 Å². The minimum atomic E-state index is -0.955. The van der Waals surface area contributed by atoms with Gasteiger partial charge in [-0.25, -0.2) is 9.78 Å². The third kappa shape index (κ3) is 5.54. The average Bonchev–Trinajstić information content (AvgIpc) is 3.57. The number of likely N-dealkylation sites (N-methyl/N-ethyl adjacent to an activating group) is 1. The molecule has 6 aromatic rings. The second-order valence-electron chi connectivity index (χ2n) is 11.0. The Balaban J connectivity index is 1.41. The van der Waals surface area contributed by atoms with Gasteiger partial charge in [0.2, 0.25) is 0 Å². The summed E-state index contributed by atoms with van der Waals surface area (Å²) < 4.78 is 10.4. The van der Waals surface area contributed by atoms with E-state index in [1.165, 1.54) is 22.0 Å². The van der Waals surface area contributed by atoms with E-state index in [1.54, 1.807) is 0 Å². The van der Waals surface area contributed by atoms with Crippen molar-refractivity contribution < 1.29 is 14.6 Å². The molecule has 0 aliphatic carbocycles. The summed E-state index contributed by atoms with van der Waals surface area (Å²) in [5.41, 5.74) is 6.93. The molecule has 3 aromatic carbocycles. The molecule has 7 heteroatoms. The average molecular weight is 575 g/mol. The van der Waals surface area contributed by atoms with Crippen LogP contribution >= 0.6 is 0 Å². The molecule has 43 heavy (non-hydrogen) atoms. The third-order valence-corrected chi connectivity index (χ3v) is 8.50. The van der Waals surface area contributed by atoms with Gasteiger partial charge >= 0.3 is 5.97 Å². The summed E-state index contributed by atoms with van der Waals surface area (Å²) in [5.74, 6) is -0.955. The first-order valence-electron chi connectivity index (χ1n) is 15.1. The van der Waals surface area contributed by atoms with Crippen LogP contribution in [0.25, 0.3) is 38.6 Å². The number of benzene rings is 3. The Bertz CT molecular complexity index is 1920. The molecule has 0 atom stereocenters. The van der Waals surface area contributed by atoms with E-state index in [0.717, 1.165) is 49.5 Å². The largest absolute Gasteiger partial charge is 0.478 e. The molecule has 220 valence electrons. The number of carboxylic acids is 1. The van der Waals surface area contributed by atoms with E-state index in [-0.39, 0.29) is 5.56 Å². The van der Waals surface area contributed by atoms with Crippen LogP contribution in [0.4, 0.5) is 0 Å². The number of rotatable bonds is 12. The van der Waals surface area contributed by atoms with Crippen LogP contribution in [0.1, 0.15) is 41.0 Å². The predicted octanol–water partition coefficient (Wildman–Crippen LogP) is 7.07. The van der Waals surface area contributed by atoms with Gasteiger partial charge in [0.25, 0.3) is 0 Å². The van der Waals surface area contributed by atoms with Crippen molar-refractivity contribution in [3.8, 4) is 11.3 Å². The number of nitrogens with zero attached hydrogens (tertiary/aromatic N) is 4. The van der Waals surface area contributed by atoms with Gasteiger partial charge in [0.05, 0.1) is 30.2 Å². The van der Waals surface area contributed by atoms with Crippen molar-refractivity contribution in [2.45, 2.75) is 33.7 Å². The molecule has 0 aliphatic rings. The molecule has 0 spiro atoms. The summed E-state index contributed by atoms with van der Waals surface area (Å²) in [5, 5.41) is 13.2. The van der Waals surface area contributed by atoms with Crippen molar-refractivity contribution in [3.05, 3.63) is 108 Å². The Morgan fingerprint density at radius 3 is 2.58 bits per heavy atom. The van der Waals surface area contributed by atoms with Crippen molar-refractivity contribution in [2.75, 3.05) is 32.8 Å². The summed E-state index contributed by atoms with van der Waals surface area (Å²) >= 11 is 0. The highest BCUT2D eigenvalue weighted by Gasteiger charge is 2.23. The highest BCUT2D eigenvalue weighted by molar-refractivity contribution is 6.09. The maximum Gasteiger partial charge on any atom is 0.337 e. The number of imidazole rings is 1. The number of hydrogen-bond acceptors (Lipinski definition) is 4. The zero-order chi connectivity index (χ0) is 29.9. The summed E-state index contributed by atoms with van der Waals surface area (Å²) in [6.45, 7) is 11.6. The molecule has 3 heterocycles. The molecule has 0 radical (unpaired) electrons. The molecular weight excluding hydrogens is 536 g/mol. The fourth-order valence-corrected chi connectivity index (χ4v) is 6.26. The van der Waals surface area contributed by atoms with Crippen LogP contribution in [-0.2, 0) is 17.7 Å². The number of aromatic carboxylic acids is 1. The number of aromatic nitrogens is 3. The van der Waals surface area contributed by atoms with Crippen LogP contribution < -0.4 is 0 Å². The summed E-state index contributed by atoms with van der Waals surface area (Å²) in [4.78, 5) is 20.1. The van der Waals surface area contributed by atoms with Gasteiger partial charge in [0, 0.05) is 48.4 Å². The van der Waals surface area contributed by atoms with Crippen molar-refractivity contribution in [1.29, 1.82) is 0 Å². The predicted molar refractivity (Wildman–Crippen MR) is 173 cm³/mol. The molecule has 1 N–H and O–H groups in total. The molecular formula is C36H38N4O3. The lowest BCUT2D eigenvalue weighted by Crippen LogP contribution is -2.27. The van der Waals surface area contributed by atoms with Gasteiger partial charge in [0.1, 0.15) is 5.65 Å². The fourth-order valence-electron chi connectivity index (χ4n) is 6.26. The van der Waals surface area contributed by atoms with Gasteiger partial charge in [-0.05, 0) is 60.1 Å². The zero-order valence-electron chi connectivity index (χ0n) is 25.1. The Labute approximate surface area is 252 Å². The quantitative estimate of drug-likeness (QED) is 0.158. The molecule has 0 saturated carbocycles. The molecule has 0 unspecified atom stereocenters. The highest BCUT2D eigenvalue weighted by atomic mass is 16.5. The topological polar surface area (TPSA) is 72.0 Å². The van der Waals surface area contributed by atoms with Crippen LogP contribution in [0, 0.1) is 6.92 Å². The number of fused-ring (bicyclic) bond motifs is 3. The molecule has 7 nitrogen and oxygen atoms in total. The van der Waals surface area contributed by atoms with Gasteiger partial charge in [-0.3, -0.25) is 0 Å². The number of hydrogen-bond donors (Lipinski definition) is 1. The van der Waals surface area contributed by atoms with Gasteiger partial charge in [-0.2, -0.15) is 0 Å². The van der Waals surface area contributed by atoms with Crippen LogP contribution in [-0.4, -0.2) is 62.8 Å². The molecule has 0 aliphatic heterocycles. The molecule has 3 aromatic heterocycles. The summed E-state index contributed by atoms with van der Waals surface area (Å²) in [7, 11) is 0. The SMILES string of the molecule is CCN(CC)CCOCCn1cc(Cc2c(-c3ccc4ccccc4c3C(=O)O)nc3ccccn23)c2c(C)cccc21. The van der Waals surface area contributed by atoms with Crippen molar-refractivity contribution in [3.63, 3.8) is 0 Å². The highest BCUT2D eigenvalue weighted by Crippen LogP contribution is 2.35. The lowest BCUT2D eigenvalue weighted by molar-refractivity contribution is 0.0700. The standard InChI is InChI=1S/C36H38N4O3/c1-4-38(5-2)19-21-43-22-20-39-24-27(33-25(3)11-10-14-30(33)39)23-31-35(37-32-15-8-9-18-40(31)32)29-17-16-26-12-6-7-13-28(26)34(29)36(41)42/h6-18,24H,4-5,19-23H2,1-3H3,(H,41,42). The van der Waals surface area contributed by atoms with Crippen LogP contribution in [0.2, 0.25) is 0 Å². The summed E-state index contributed by atoms with van der Waals surface area (Å²) in [6.07, 6.45) is 4.85. The number of pyridine rings is 1. The first-order valence-corrected chi connectivity index (χ1v) is 15.1. The Morgan fingerprint density at radius 2 is 1.77 bits per heavy atom. The lowest BCUT2D eigenvalue weighted by atomic mass is 9.94. The zero-order valence-corrected chi connectivity index (χ0v) is 25.1. The van der Waals surface area contributed by atoms with E-state index in [1.807, 2.05) is 60.8 Å². The van der Waals surface area contributed by atoms with Crippen LogP contribution in [0.5, 0.6) is 0 Å². The number of aryl methyl sites for hydroxylation is 1. The molecule has 0 amide bonds. The third-order valence-electron chi connectivity index (χ3n) is 8.50. The number of carbonyl (C=O) groups is 1. The first-order chi connectivity index (χ1) is 21.0. The smallest absolute Gasteiger partial charge is 0.337 e. The van der Waals surface area contributed by atoms with Gasteiger partial charge in [-0.1, -0.05) is 68.4 Å². The first kappa shape index (κ1) is 28.6. The molecule has 6 rings (SSSR count). The summed E-state index contributed by atoms with van der Waals surface area (Å²) in [6, 6.07) is 23.9. The minimum absolute atomic E-state index is 0.281. The van der Waals surface area contributed by atoms with Crippen LogP contribution in [0.3, 0.4) is 0 Å². The Hall–Kier alpha value is -4.46. The van der Waals surface area contributed by atoms with E-state index in [4.69, 9.17) is 9.72 Å². The second kappa shape index (κ2) is 12.4. The van der Waals surface area contributed by atoms with Gasteiger partial charge in [-0.15, -0.1) is 0 Å². The van der Waals surface area contributed by atoms with E-state index in [2.05, 4.69) is 59.0 Å². The van der Waals surface area contributed by atoms with Gasteiger partial charge in [0.15, 0.2) is 0 Å². The van der Waals surface area contributed by atoms with E-state index < -0.39 is 5.97 Å². The maximum absolute atomic E-state index is 12.7. The van der Waals surface area contributed by atoms with Gasteiger partial charge < -0.3 is 23.7 Å². The normalized spacial score (nSPS) is 11.8. The maximum atomic E-state index is 12.7. The van der Waals surface area contributed by atoms with E-state index in [9.17, 15) is 9.90 Å². The van der Waals surface area contributed by atoms with E-state index >= 15 is 0 Å². The van der Waals surface area contributed by atoms with Crippen molar-refractivity contribution in [2.24, 2.45) is 0 Å². The lowest BCUT2D eigenvalue weighted by Gasteiger charge is -2.17. The Morgan fingerprint density at radius 1 is 0.953 bits per heavy atom. The Kier molecular flexibility index (Phi) is 8.27. The molecule has 0 fully saturated rings. The molecule has 0 bridgehead atoms. The van der Waals surface area contributed by atoms with Crippen molar-refractivity contribution >= 4 is 33.3 Å². The monoisotopic (exact) mass is 574 g/mol. The number of ether oxygens (including phenoxy) is 1. The fraction of sp³-hybridized carbons (Fsp3) is 0.278. The van der Waals surface area contributed by atoms with Crippen LogP contribution in [0.15, 0.2) is 85.2 Å².